The molecule has 1 amide bonds. The van der Waals surface area contributed by atoms with Gasteiger partial charge in [0.25, 0.3) is 0 Å². The topological polar surface area (TPSA) is 83.6 Å². The minimum Gasteiger partial charge on any atom is -0.481 e. The van der Waals surface area contributed by atoms with E-state index in [9.17, 15) is 14.7 Å². The smallest absolute Gasteiger partial charge is 0.314 e. The molecule has 4 aromatic rings. The van der Waals surface area contributed by atoms with Crippen molar-refractivity contribution < 1.29 is 19.2 Å². The summed E-state index contributed by atoms with van der Waals surface area (Å²) in [7, 11) is 1.89. The van der Waals surface area contributed by atoms with Crippen molar-refractivity contribution in [1.29, 1.82) is 0 Å². The van der Waals surface area contributed by atoms with Crippen LogP contribution in [0.5, 0.6) is 0 Å². The first-order valence-corrected chi connectivity index (χ1v) is 13.6. The molecule has 2 unspecified atom stereocenters. The van der Waals surface area contributed by atoms with Crippen LogP contribution in [0, 0.1) is 12.8 Å². The summed E-state index contributed by atoms with van der Waals surface area (Å²) in [4.78, 5) is 26.6. The second-order valence-corrected chi connectivity index (χ2v) is 11.0. The largest absolute Gasteiger partial charge is 0.481 e. The molecule has 6 rings (SSSR count). The van der Waals surface area contributed by atoms with Crippen LogP contribution in [-0.4, -0.2) is 40.6 Å². The lowest BCUT2D eigenvalue weighted by Gasteiger charge is -2.17. The molecule has 2 aliphatic rings. The summed E-state index contributed by atoms with van der Waals surface area (Å²) in [6.07, 6.45) is 3.05. The Morgan fingerprint density at radius 1 is 0.949 bits per heavy atom. The summed E-state index contributed by atoms with van der Waals surface area (Å²) >= 11 is 0. The van der Waals surface area contributed by atoms with E-state index in [-0.39, 0.29) is 17.7 Å². The Balaban J connectivity index is 1.14. The second kappa shape index (κ2) is 9.84. The highest BCUT2D eigenvalue weighted by molar-refractivity contribution is 5.85. The quantitative estimate of drug-likeness (QED) is 0.283. The lowest BCUT2D eigenvalue weighted by molar-refractivity contribution is -0.140. The van der Waals surface area contributed by atoms with Crippen molar-refractivity contribution in [2.45, 2.75) is 43.9 Å². The third kappa shape index (κ3) is 4.76. The Hall–Kier alpha value is -4.19. The summed E-state index contributed by atoms with van der Waals surface area (Å²) in [5.41, 5.74) is 6.29. The third-order valence-corrected chi connectivity index (χ3v) is 8.42. The Morgan fingerprint density at radius 2 is 1.56 bits per heavy atom. The molecule has 1 N–H and O–H groups in total. The summed E-state index contributed by atoms with van der Waals surface area (Å²) in [5, 5.41) is 13.8. The van der Waals surface area contributed by atoms with Gasteiger partial charge in [0.1, 0.15) is 0 Å². The number of likely N-dealkylation sites (N-methyl/N-ethyl adjacent to an activating group) is 1. The van der Waals surface area contributed by atoms with E-state index in [4.69, 9.17) is 4.52 Å². The van der Waals surface area contributed by atoms with Gasteiger partial charge in [-0.2, -0.15) is 0 Å². The number of aromatic nitrogens is 1. The van der Waals surface area contributed by atoms with Crippen molar-refractivity contribution in [2.24, 2.45) is 5.92 Å². The lowest BCUT2D eigenvalue weighted by Crippen LogP contribution is -2.30. The molecule has 198 valence electrons. The molecule has 2 saturated carbocycles. The highest BCUT2D eigenvalue weighted by Crippen LogP contribution is 2.52. The Kier molecular flexibility index (Phi) is 6.34. The molecule has 0 saturated heterocycles. The average molecular weight is 521 g/mol. The van der Waals surface area contributed by atoms with Crippen LogP contribution in [0.3, 0.4) is 0 Å². The number of benzene rings is 3. The number of aryl methyl sites for hydroxylation is 1. The number of carboxylic acid groups (broad SMARTS) is 1. The molecule has 0 aliphatic heterocycles. The van der Waals surface area contributed by atoms with Crippen LogP contribution in [0.4, 0.5) is 0 Å². The monoisotopic (exact) mass is 520 g/mol. The van der Waals surface area contributed by atoms with Crippen molar-refractivity contribution in [3.05, 3.63) is 101 Å². The fourth-order valence-electron chi connectivity index (χ4n) is 5.69. The minimum absolute atomic E-state index is 0.0408. The summed E-state index contributed by atoms with van der Waals surface area (Å²) < 4.78 is 5.77. The van der Waals surface area contributed by atoms with E-state index < -0.39 is 11.4 Å². The van der Waals surface area contributed by atoms with Gasteiger partial charge in [-0.25, -0.2) is 0 Å². The van der Waals surface area contributed by atoms with E-state index in [1.54, 1.807) is 0 Å². The molecule has 2 atom stereocenters. The van der Waals surface area contributed by atoms with Crippen molar-refractivity contribution in [3.63, 3.8) is 0 Å². The zero-order valence-corrected chi connectivity index (χ0v) is 22.3. The van der Waals surface area contributed by atoms with Gasteiger partial charge in [0.05, 0.1) is 11.1 Å². The molecule has 39 heavy (non-hydrogen) atoms. The van der Waals surface area contributed by atoms with E-state index in [2.05, 4.69) is 17.3 Å². The van der Waals surface area contributed by atoms with E-state index in [1.165, 1.54) is 5.56 Å². The van der Waals surface area contributed by atoms with Crippen LogP contribution >= 0.6 is 0 Å². The first-order chi connectivity index (χ1) is 18.9. The fraction of sp³-hybridized carbons (Fsp3) is 0.303. The van der Waals surface area contributed by atoms with E-state index in [0.717, 1.165) is 52.1 Å². The molecule has 0 spiro atoms. The van der Waals surface area contributed by atoms with Crippen LogP contribution in [0.2, 0.25) is 0 Å². The van der Waals surface area contributed by atoms with Gasteiger partial charge in [-0.1, -0.05) is 84.0 Å². The van der Waals surface area contributed by atoms with Gasteiger partial charge in [-0.15, -0.1) is 0 Å². The first-order valence-electron chi connectivity index (χ1n) is 13.6. The molecule has 0 radical (unpaired) electrons. The number of carbonyl (C=O) groups is 2. The average Bonchev–Trinajstić information content (AvgIpc) is 3.89. The number of amides is 1. The molecule has 0 bridgehead atoms. The summed E-state index contributed by atoms with van der Waals surface area (Å²) in [6, 6.07) is 26.2. The summed E-state index contributed by atoms with van der Waals surface area (Å²) in [5.74, 6) is 0.252. The number of hydrogen-bond donors (Lipinski definition) is 1. The molecule has 2 aliphatic carbocycles. The summed E-state index contributed by atoms with van der Waals surface area (Å²) in [6.45, 7) is 2.64. The fourth-order valence-corrected chi connectivity index (χ4v) is 5.69. The van der Waals surface area contributed by atoms with E-state index in [0.29, 0.717) is 19.4 Å². The van der Waals surface area contributed by atoms with Gasteiger partial charge in [0.2, 0.25) is 5.91 Å². The van der Waals surface area contributed by atoms with Crippen molar-refractivity contribution in [1.82, 2.24) is 10.1 Å². The molecule has 1 aromatic heterocycles. The molecule has 3 aromatic carbocycles. The Morgan fingerprint density at radius 3 is 2.18 bits per heavy atom. The van der Waals surface area contributed by atoms with Crippen LogP contribution in [0.1, 0.15) is 47.6 Å². The number of carbonyl (C=O) groups excluding carboxylic acids is 1. The number of carboxylic acids is 1. The second-order valence-electron chi connectivity index (χ2n) is 11.0. The van der Waals surface area contributed by atoms with Crippen molar-refractivity contribution in [3.8, 4) is 22.5 Å². The van der Waals surface area contributed by atoms with Crippen molar-refractivity contribution >= 4 is 11.9 Å². The number of hydrogen-bond acceptors (Lipinski definition) is 4. The van der Waals surface area contributed by atoms with Crippen molar-refractivity contribution in [2.75, 3.05) is 13.6 Å². The Bertz CT molecular complexity index is 1500. The van der Waals surface area contributed by atoms with Crippen LogP contribution in [0.25, 0.3) is 22.5 Å². The molecule has 6 heteroatoms. The zero-order valence-electron chi connectivity index (χ0n) is 22.3. The van der Waals surface area contributed by atoms with Gasteiger partial charge in [0, 0.05) is 36.6 Å². The zero-order chi connectivity index (χ0) is 27.1. The molecular formula is C33H32N2O4. The lowest BCUT2D eigenvalue weighted by atomic mass is 9.93. The maximum absolute atomic E-state index is 13.2. The normalized spacial score (nSPS) is 18.9. The van der Waals surface area contributed by atoms with Crippen LogP contribution in [0.15, 0.2) is 83.4 Å². The standard InChI is InChI=1S/C33H32N2O4/c1-21-29(27-20-28(27)31(36)35(2)19-16-22-6-4-3-5-7-22)30(39-34-21)25-10-8-23(9-11-25)24-12-14-26(15-13-24)33(17-18-33)32(37)38/h3-15,27-28H,16-20H2,1-2H3,(H,37,38). The van der Waals surface area contributed by atoms with Gasteiger partial charge in [-0.05, 0) is 54.9 Å². The predicted octanol–water partition coefficient (Wildman–Crippen LogP) is 6.24. The van der Waals surface area contributed by atoms with Gasteiger partial charge < -0.3 is 14.5 Å². The number of nitrogens with zero attached hydrogens (tertiary/aromatic N) is 2. The molecule has 2 fully saturated rings. The van der Waals surface area contributed by atoms with E-state index in [1.807, 2.05) is 85.6 Å². The molecule has 6 nitrogen and oxygen atoms in total. The first kappa shape index (κ1) is 25.1. The number of aliphatic carboxylic acids is 1. The SMILES string of the molecule is Cc1noc(-c2ccc(-c3ccc(C4(C(=O)O)CC4)cc3)cc2)c1C1CC1C(=O)N(C)CCc1ccccc1. The Labute approximate surface area is 228 Å². The minimum atomic E-state index is -0.740. The maximum Gasteiger partial charge on any atom is 0.314 e. The van der Waals surface area contributed by atoms with Gasteiger partial charge in [0.15, 0.2) is 5.76 Å². The highest BCUT2D eigenvalue weighted by Gasteiger charge is 2.51. The van der Waals surface area contributed by atoms with Crippen LogP contribution < -0.4 is 0 Å². The van der Waals surface area contributed by atoms with E-state index >= 15 is 0 Å². The highest BCUT2D eigenvalue weighted by atomic mass is 16.5. The number of rotatable bonds is 9. The third-order valence-electron chi connectivity index (χ3n) is 8.42. The molecular weight excluding hydrogens is 488 g/mol. The van der Waals surface area contributed by atoms with Crippen LogP contribution in [-0.2, 0) is 21.4 Å². The van der Waals surface area contributed by atoms with Gasteiger partial charge >= 0.3 is 5.97 Å². The van der Waals surface area contributed by atoms with Gasteiger partial charge in [-0.3, -0.25) is 9.59 Å². The predicted molar refractivity (Wildman–Crippen MR) is 149 cm³/mol. The molecule has 1 heterocycles. The maximum atomic E-state index is 13.2.